The van der Waals surface area contributed by atoms with Gasteiger partial charge in [0.25, 0.3) is 0 Å². The highest BCUT2D eigenvalue weighted by atomic mass is 32.2. The van der Waals surface area contributed by atoms with E-state index >= 15 is 0 Å². The van der Waals surface area contributed by atoms with Gasteiger partial charge in [-0.2, -0.15) is 4.31 Å². The summed E-state index contributed by atoms with van der Waals surface area (Å²) in [7, 11) is -3.07. The summed E-state index contributed by atoms with van der Waals surface area (Å²) in [6, 6.07) is 7.31. The minimum Gasteiger partial charge on any atom is -0.294 e. The fourth-order valence-corrected chi connectivity index (χ4v) is 3.58. The smallest absolute Gasteiger partial charge is 0.238 e. The molecular formula is C12H17N3O3S. The van der Waals surface area contributed by atoms with Crippen molar-refractivity contribution in [3.8, 4) is 0 Å². The Labute approximate surface area is 112 Å². The van der Waals surface area contributed by atoms with Gasteiger partial charge in [0, 0.05) is 13.1 Å². The summed E-state index contributed by atoms with van der Waals surface area (Å²) in [6.07, 6.45) is 0.913. The number of benzene rings is 1. The monoisotopic (exact) mass is 283 g/mol. The van der Waals surface area contributed by atoms with Gasteiger partial charge < -0.3 is 0 Å². The lowest BCUT2D eigenvalue weighted by Crippen LogP contribution is -2.31. The van der Waals surface area contributed by atoms with Crippen LogP contribution in [0, 0.1) is 0 Å². The van der Waals surface area contributed by atoms with Crippen molar-refractivity contribution in [1.82, 2.24) is 9.73 Å². The molecule has 2 rings (SSSR count). The van der Waals surface area contributed by atoms with Crippen molar-refractivity contribution >= 4 is 15.9 Å². The predicted octanol–water partition coefficient (Wildman–Crippen LogP) is -0.245. The summed E-state index contributed by atoms with van der Waals surface area (Å²) in [5.41, 5.74) is 3.83. The number of nitrogens with one attached hydrogen (secondary N) is 1. The Hall–Kier alpha value is -1.44. The van der Waals surface area contributed by atoms with Gasteiger partial charge in [-0.05, 0) is 17.5 Å². The highest BCUT2D eigenvalue weighted by Crippen LogP contribution is 2.17. The standard InChI is InChI=1S/C12H17N3O3S/c13-14-12(16)8-10-2-4-11(5-3-10)9-15-6-1-7-19(15,17)18/h2-5H,1,6-9,13H2,(H,14,16). The summed E-state index contributed by atoms with van der Waals surface area (Å²) in [4.78, 5) is 11.1. The van der Waals surface area contributed by atoms with Gasteiger partial charge in [-0.15, -0.1) is 0 Å². The number of hydrogen-bond donors (Lipinski definition) is 2. The van der Waals surface area contributed by atoms with E-state index in [1.807, 2.05) is 24.3 Å². The first-order valence-corrected chi connectivity index (χ1v) is 7.67. The Bertz CT molecular complexity index is 554. The normalized spacial score (nSPS) is 18.4. The number of sulfonamides is 1. The van der Waals surface area contributed by atoms with Crippen molar-refractivity contribution in [2.75, 3.05) is 12.3 Å². The first-order chi connectivity index (χ1) is 9.01. The van der Waals surface area contributed by atoms with Gasteiger partial charge in [-0.3, -0.25) is 10.2 Å². The summed E-state index contributed by atoms with van der Waals surface area (Å²) in [5, 5.41) is 0. The van der Waals surface area contributed by atoms with Crippen LogP contribution in [-0.4, -0.2) is 30.9 Å². The Morgan fingerprint density at radius 1 is 1.26 bits per heavy atom. The van der Waals surface area contributed by atoms with Gasteiger partial charge >= 0.3 is 0 Å². The minimum absolute atomic E-state index is 0.221. The zero-order valence-corrected chi connectivity index (χ0v) is 11.3. The van der Waals surface area contributed by atoms with Crippen LogP contribution in [0.15, 0.2) is 24.3 Å². The van der Waals surface area contributed by atoms with Gasteiger partial charge in [0.2, 0.25) is 15.9 Å². The van der Waals surface area contributed by atoms with E-state index in [1.54, 1.807) is 0 Å². The lowest BCUT2D eigenvalue weighted by atomic mass is 10.1. The molecule has 104 valence electrons. The van der Waals surface area contributed by atoms with Crippen LogP contribution >= 0.6 is 0 Å². The Morgan fingerprint density at radius 3 is 2.42 bits per heavy atom. The van der Waals surface area contributed by atoms with E-state index in [1.165, 1.54) is 4.31 Å². The molecule has 6 nitrogen and oxygen atoms in total. The van der Waals surface area contributed by atoms with E-state index < -0.39 is 10.0 Å². The molecule has 0 saturated carbocycles. The van der Waals surface area contributed by atoms with Gasteiger partial charge in [0.1, 0.15) is 0 Å². The van der Waals surface area contributed by atoms with Crippen molar-refractivity contribution in [2.24, 2.45) is 5.84 Å². The molecule has 0 atom stereocenters. The lowest BCUT2D eigenvalue weighted by Gasteiger charge is -2.14. The van der Waals surface area contributed by atoms with Crippen molar-refractivity contribution < 1.29 is 13.2 Å². The molecule has 1 aliphatic rings. The van der Waals surface area contributed by atoms with Crippen LogP contribution < -0.4 is 11.3 Å². The molecule has 1 aromatic rings. The molecule has 7 heteroatoms. The van der Waals surface area contributed by atoms with Crippen molar-refractivity contribution in [2.45, 2.75) is 19.4 Å². The highest BCUT2D eigenvalue weighted by Gasteiger charge is 2.27. The first-order valence-electron chi connectivity index (χ1n) is 6.06. The van der Waals surface area contributed by atoms with Gasteiger partial charge in [-0.25, -0.2) is 14.3 Å². The molecule has 1 heterocycles. The molecular weight excluding hydrogens is 266 g/mol. The molecule has 0 aromatic heterocycles. The molecule has 3 N–H and O–H groups in total. The minimum atomic E-state index is -3.07. The van der Waals surface area contributed by atoms with E-state index in [2.05, 4.69) is 5.43 Å². The third-order valence-electron chi connectivity index (χ3n) is 3.11. The van der Waals surface area contributed by atoms with Crippen LogP contribution in [0.25, 0.3) is 0 Å². The number of hydrazine groups is 1. The zero-order chi connectivity index (χ0) is 13.9. The number of amides is 1. The number of carbonyl (C=O) groups is 1. The Kier molecular flexibility index (Phi) is 4.18. The Morgan fingerprint density at radius 2 is 1.89 bits per heavy atom. The molecule has 1 aliphatic heterocycles. The number of carbonyl (C=O) groups excluding carboxylic acids is 1. The van der Waals surface area contributed by atoms with Crippen LogP contribution in [0.4, 0.5) is 0 Å². The van der Waals surface area contributed by atoms with E-state index in [9.17, 15) is 13.2 Å². The van der Waals surface area contributed by atoms with Crippen LogP contribution in [0.2, 0.25) is 0 Å². The number of hydrogen-bond acceptors (Lipinski definition) is 4. The summed E-state index contributed by atoms with van der Waals surface area (Å²) < 4.78 is 24.8. The van der Waals surface area contributed by atoms with Gasteiger partial charge in [-0.1, -0.05) is 24.3 Å². The third kappa shape index (κ3) is 3.52. The van der Waals surface area contributed by atoms with Crippen LogP contribution in [0.5, 0.6) is 0 Å². The molecule has 19 heavy (non-hydrogen) atoms. The maximum Gasteiger partial charge on any atom is 0.238 e. The first kappa shape index (κ1) is 14.0. The molecule has 0 spiro atoms. The number of nitrogens with zero attached hydrogens (tertiary/aromatic N) is 1. The molecule has 0 radical (unpaired) electrons. The zero-order valence-electron chi connectivity index (χ0n) is 10.5. The largest absolute Gasteiger partial charge is 0.294 e. The fraction of sp³-hybridized carbons (Fsp3) is 0.417. The highest BCUT2D eigenvalue weighted by molar-refractivity contribution is 7.89. The average Bonchev–Trinajstić information content (AvgIpc) is 2.71. The van der Waals surface area contributed by atoms with Crippen LogP contribution in [-0.2, 0) is 27.8 Å². The quantitative estimate of drug-likeness (QED) is 0.453. The second-order valence-electron chi connectivity index (χ2n) is 4.56. The average molecular weight is 283 g/mol. The number of nitrogens with two attached hydrogens (primary N) is 1. The third-order valence-corrected chi connectivity index (χ3v) is 5.01. The van der Waals surface area contributed by atoms with Gasteiger partial charge in [0.05, 0.1) is 12.2 Å². The second kappa shape index (κ2) is 5.68. The van der Waals surface area contributed by atoms with E-state index in [4.69, 9.17) is 5.84 Å². The molecule has 0 bridgehead atoms. The van der Waals surface area contributed by atoms with Crippen LogP contribution in [0.3, 0.4) is 0 Å². The summed E-state index contributed by atoms with van der Waals surface area (Å²) in [5.74, 6) is 5.00. The topological polar surface area (TPSA) is 92.5 Å². The SMILES string of the molecule is NNC(=O)Cc1ccc(CN2CCCS2(=O)=O)cc1. The van der Waals surface area contributed by atoms with Gasteiger partial charge in [0.15, 0.2) is 0 Å². The number of rotatable bonds is 4. The molecule has 1 fully saturated rings. The molecule has 0 aliphatic carbocycles. The van der Waals surface area contributed by atoms with Crippen molar-refractivity contribution in [3.63, 3.8) is 0 Å². The van der Waals surface area contributed by atoms with E-state index in [-0.39, 0.29) is 18.1 Å². The fourth-order valence-electron chi connectivity index (χ4n) is 2.07. The Balaban J connectivity index is 2.01. The molecule has 1 aromatic carbocycles. The summed E-state index contributed by atoms with van der Waals surface area (Å²) in [6.45, 7) is 0.978. The maximum absolute atomic E-state index is 11.7. The lowest BCUT2D eigenvalue weighted by molar-refractivity contribution is -0.120. The summed E-state index contributed by atoms with van der Waals surface area (Å²) >= 11 is 0. The van der Waals surface area contributed by atoms with E-state index in [0.29, 0.717) is 19.5 Å². The maximum atomic E-state index is 11.7. The second-order valence-corrected chi connectivity index (χ2v) is 6.65. The van der Waals surface area contributed by atoms with Crippen molar-refractivity contribution in [3.05, 3.63) is 35.4 Å². The molecule has 0 unspecified atom stereocenters. The van der Waals surface area contributed by atoms with Crippen LogP contribution in [0.1, 0.15) is 17.5 Å². The van der Waals surface area contributed by atoms with E-state index in [0.717, 1.165) is 11.1 Å². The van der Waals surface area contributed by atoms with Crippen molar-refractivity contribution in [1.29, 1.82) is 0 Å². The molecule has 1 amide bonds. The predicted molar refractivity (Wildman–Crippen MR) is 71.3 cm³/mol. The molecule has 1 saturated heterocycles.